The normalized spacial score (nSPS) is 27.9. The van der Waals surface area contributed by atoms with Gasteiger partial charge in [-0.1, -0.05) is 0 Å². The molecule has 0 spiro atoms. The van der Waals surface area contributed by atoms with E-state index in [2.05, 4.69) is 0 Å². The minimum atomic E-state index is -2.81. The van der Waals surface area contributed by atoms with Gasteiger partial charge in [-0.3, -0.25) is 9.69 Å². The van der Waals surface area contributed by atoms with Gasteiger partial charge in [-0.25, -0.2) is 8.78 Å². The van der Waals surface area contributed by atoms with Crippen molar-refractivity contribution >= 4 is 5.97 Å². The zero-order valence-corrected chi connectivity index (χ0v) is 8.74. The predicted octanol–water partition coefficient (Wildman–Crippen LogP) is 0.816. The minimum absolute atomic E-state index is 0.132. The van der Waals surface area contributed by atoms with Gasteiger partial charge in [0.2, 0.25) is 0 Å². The second-order valence-electron chi connectivity index (χ2n) is 3.86. The van der Waals surface area contributed by atoms with E-state index in [9.17, 15) is 13.6 Å². The van der Waals surface area contributed by atoms with Crippen molar-refractivity contribution in [2.75, 3.05) is 20.3 Å². The van der Waals surface area contributed by atoms with Gasteiger partial charge in [-0.2, -0.15) is 0 Å². The van der Waals surface area contributed by atoms with E-state index < -0.39 is 30.5 Å². The molecule has 1 fully saturated rings. The lowest BCUT2D eigenvalue weighted by Gasteiger charge is -2.26. The standard InChI is InChI=1S/C9H15F2NO3/c1-6(8(13)14)12-5-9(10,11)3-7(12)4-15-2/h6-7H,3-5H2,1-2H3,(H,13,14)/t6-,7+/m0/s1. The highest BCUT2D eigenvalue weighted by atomic mass is 19.3. The maximum Gasteiger partial charge on any atom is 0.320 e. The van der Waals surface area contributed by atoms with E-state index in [1.807, 2.05) is 0 Å². The van der Waals surface area contributed by atoms with Gasteiger partial charge < -0.3 is 9.84 Å². The second-order valence-corrected chi connectivity index (χ2v) is 3.86. The summed E-state index contributed by atoms with van der Waals surface area (Å²) >= 11 is 0. The molecular weight excluding hydrogens is 208 g/mol. The predicted molar refractivity (Wildman–Crippen MR) is 49.0 cm³/mol. The summed E-state index contributed by atoms with van der Waals surface area (Å²) in [4.78, 5) is 12.0. The summed E-state index contributed by atoms with van der Waals surface area (Å²) in [6.07, 6.45) is -0.335. The van der Waals surface area contributed by atoms with Crippen molar-refractivity contribution < 1.29 is 23.4 Å². The number of ether oxygens (including phenoxy) is 1. The summed E-state index contributed by atoms with van der Waals surface area (Å²) in [5, 5.41) is 8.77. The number of alkyl halides is 2. The topological polar surface area (TPSA) is 49.8 Å². The number of rotatable bonds is 4. The molecular formula is C9H15F2NO3. The number of likely N-dealkylation sites (tertiary alicyclic amines) is 1. The van der Waals surface area contributed by atoms with E-state index in [1.54, 1.807) is 0 Å². The van der Waals surface area contributed by atoms with E-state index in [-0.39, 0.29) is 13.0 Å². The molecule has 88 valence electrons. The van der Waals surface area contributed by atoms with Gasteiger partial charge in [-0.05, 0) is 6.92 Å². The van der Waals surface area contributed by atoms with Crippen molar-refractivity contribution in [3.05, 3.63) is 0 Å². The molecule has 4 nitrogen and oxygen atoms in total. The van der Waals surface area contributed by atoms with Crippen molar-refractivity contribution in [2.45, 2.75) is 31.4 Å². The van der Waals surface area contributed by atoms with Crippen LogP contribution in [-0.4, -0.2) is 54.2 Å². The van der Waals surface area contributed by atoms with Crippen LogP contribution in [0.1, 0.15) is 13.3 Å². The van der Waals surface area contributed by atoms with Crippen LogP contribution in [0.2, 0.25) is 0 Å². The third-order valence-corrected chi connectivity index (χ3v) is 2.63. The number of halogens is 2. The molecule has 1 heterocycles. The summed E-state index contributed by atoms with van der Waals surface area (Å²) in [7, 11) is 1.42. The fourth-order valence-corrected chi connectivity index (χ4v) is 1.86. The van der Waals surface area contributed by atoms with Crippen molar-refractivity contribution in [2.24, 2.45) is 0 Å². The molecule has 0 aromatic rings. The number of nitrogens with zero attached hydrogens (tertiary/aromatic N) is 1. The molecule has 0 bridgehead atoms. The zero-order valence-electron chi connectivity index (χ0n) is 8.74. The number of carboxylic acids is 1. The SMILES string of the molecule is COC[C@H]1CC(F)(F)CN1[C@@H](C)C(=O)O. The largest absolute Gasteiger partial charge is 0.480 e. The summed E-state index contributed by atoms with van der Waals surface area (Å²) in [5.41, 5.74) is 0. The molecule has 0 radical (unpaired) electrons. The Hall–Kier alpha value is -0.750. The monoisotopic (exact) mass is 223 g/mol. The molecule has 0 unspecified atom stereocenters. The van der Waals surface area contributed by atoms with Gasteiger partial charge in [0.25, 0.3) is 5.92 Å². The van der Waals surface area contributed by atoms with E-state index >= 15 is 0 Å². The lowest BCUT2D eigenvalue weighted by Crippen LogP contribution is -2.44. The smallest absolute Gasteiger partial charge is 0.320 e. The van der Waals surface area contributed by atoms with Crippen LogP contribution in [0.4, 0.5) is 8.78 Å². The molecule has 1 saturated heterocycles. The summed E-state index contributed by atoms with van der Waals surface area (Å²) in [6, 6.07) is -1.42. The van der Waals surface area contributed by atoms with Gasteiger partial charge in [0.1, 0.15) is 6.04 Å². The third-order valence-electron chi connectivity index (χ3n) is 2.63. The Balaban J connectivity index is 2.72. The molecule has 15 heavy (non-hydrogen) atoms. The van der Waals surface area contributed by atoms with E-state index in [4.69, 9.17) is 9.84 Å². The van der Waals surface area contributed by atoms with Crippen molar-refractivity contribution in [3.63, 3.8) is 0 Å². The first kappa shape index (κ1) is 12.3. The van der Waals surface area contributed by atoms with Crippen molar-refractivity contribution in [3.8, 4) is 0 Å². The van der Waals surface area contributed by atoms with E-state index in [0.717, 1.165) is 0 Å². The fraction of sp³-hybridized carbons (Fsp3) is 0.889. The number of hydrogen-bond acceptors (Lipinski definition) is 3. The maximum absolute atomic E-state index is 13.1. The minimum Gasteiger partial charge on any atom is -0.480 e. The average Bonchev–Trinajstić information content (AvgIpc) is 2.40. The Bertz CT molecular complexity index is 248. The molecule has 0 aromatic carbocycles. The highest BCUT2D eigenvalue weighted by Crippen LogP contribution is 2.33. The number of carbonyl (C=O) groups is 1. The number of carboxylic acid groups (broad SMARTS) is 1. The third kappa shape index (κ3) is 2.85. The van der Waals surface area contributed by atoms with E-state index in [0.29, 0.717) is 0 Å². The average molecular weight is 223 g/mol. The van der Waals surface area contributed by atoms with Gasteiger partial charge in [0, 0.05) is 19.6 Å². The quantitative estimate of drug-likeness (QED) is 0.766. The molecule has 0 aromatic heterocycles. The number of aliphatic carboxylic acids is 1. The van der Waals surface area contributed by atoms with Crippen molar-refractivity contribution in [1.29, 1.82) is 0 Å². The molecule has 1 N–H and O–H groups in total. The van der Waals surface area contributed by atoms with E-state index in [1.165, 1.54) is 18.9 Å². The molecule has 0 saturated carbocycles. The Kier molecular flexibility index (Phi) is 3.62. The first-order valence-electron chi connectivity index (χ1n) is 4.72. The Morgan fingerprint density at radius 3 is 2.80 bits per heavy atom. The fourth-order valence-electron chi connectivity index (χ4n) is 1.86. The van der Waals surface area contributed by atoms with Crippen LogP contribution in [0.15, 0.2) is 0 Å². The lowest BCUT2D eigenvalue weighted by atomic mass is 10.2. The van der Waals surface area contributed by atoms with Crippen LogP contribution in [0, 0.1) is 0 Å². The lowest BCUT2D eigenvalue weighted by molar-refractivity contribution is -0.143. The molecule has 0 amide bonds. The highest BCUT2D eigenvalue weighted by molar-refractivity contribution is 5.73. The van der Waals surface area contributed by atoms with Crippen LogP contribution in [0.25, 0.3) is 0 Å². The zero-order chi connectivity index (χ0) is 11.6. The Morgan fingerprint density at radius 1 is 1.73 bits per heavy atom. The summed E-state index contributed by atoms with van der Waals surface area (Å²) in [5.74, 6) is -3.90. The van der Waals surface area contributed by atoms with Crippen LogP contribution < -0.4 is 0 Å². The van der Waals surface area contributed by atoms with Gasteiger partial charge in [-0.15, -0.1) is 0 Å². The van der Waals surface area contributed by atoms with Crippen molar-refractivity contribution in [1.82, 2.24) is 4.90 Å². The first-order chi connectivity index (χ1) is 6.87. The summed E-state index contributed by atoms with van der Waals surface area (Å²) in [6.45, 7) is 1.04. The molecule has 2 atom stereocenters. The molecule has 1 aliphatic heterocycles. The van der Waals surface area contributed by atoms with Crippen LogP contribution in [-0.2, 0) is 9.53 Å². The molecule has 1 rings (SSSR count). The van der Waals surface area contributed by atoms with Gasteiger partial charge in [0.15, 0.2) is 0 Å². The summed E-state index contributed by atoms with van der Waals surface area (Å²) < 4.78 is 31.0. The highest BCUT2D eigenvalue weighted by Gasteiger charge is 2.47. The molecule has 1 aliphatic rings. The number of methoxy groups -OCH3 is 1. The maximum atomic E-state index is 13.1. The van der Waals surface area contributed by atoms with Crippen LogP contribution in [0.3, 0.4) is 0 Å². The first-order valence-corrected chi connectivity index (χ1v) is 4.72. The molecule has 6 heteroatoms. The van der Waals surface area contributed by atoms with Crippen LogP contribution in [0.5, 0.6) is 0 Å². The molecule has 0 aliphatic carbocycles. The van der Waals surface area contributed by atoms with Crippen LogP contribution >= 0.6 is 0 Å². The van der Waals surface area contributed by atoms with Gasteiger partial charge >= 0.3 is 5.97 Å². The van der Waals surface area contributed by atoms with Gasteiger partial charge in [0.05, 0.1) is 13.2 Å². The Morgan fingerprint density at radius 2 is 2.33 bits per heavy atom. The Labute approximate surface area is 86.8 Å². The number of hydrogen-bond donors (Lipinski definition) is 1. The second kappa shape index (κ2) is 4.40.